The van der Waals surface area contributed by atoms with E-state index in [1.165, 1.54) is 53.4 Å². The van der Waals surface area contributed by atoms with Crippen molar-refractivity contribution in [3.05, 3.63) is 95.7 Å². The SMILES string of the molecule is N#Cc1ccc(C2C=C(Nc3ccc(S(N)(=O)=O)cc3)C(=O)N2c2ccc(S(N)(=O)=O)cc2)cc1. The molecule has 1 aliphatic rings. The zero-order valence-electron chi connectivity index (χ0n) is 18.0. The van der Waals surface area contributed by atoms with Crippen LogP contribution in [0.25, 0.3) is 0 Å². The van der Waals surface area contributed by atoms with Gasteiger partial charge in [0.2, 0.25) is 20.0 Å². The first kappa shape index (κ1) is 24.1. The number of nitrogens with zero attached hydrogens (tertiary/aromatic N) is 2. The van der Waals surface area contributed by atoms with Crippen molar-refractivity contribution in [2.75, 3.05) is 10.2 Å². The van der Waals surface area contributed by atoms with Crippen molar-refractivity contribution in [1.29, 1.82) is 5.26 Å². The number of sulfonamides is 2. The van der Waals surface area contributed by atoms with Gasteiger partial charge in [0.1, 0.15) is 5.70 Å². The summed E-state index contributed by atoms with van der Waals surface area (Å²) in [6.07, 6.45) is 1.69. The average Bonchev–Trinajstić information content (AvgIpc) is 3.14. The van der Waals surface area contributed by atoms with E-state index in [9.17, 15) is 21.6 Å². The van der Waals surface area contributed by atoms with Gasteiger partial charge in [-0.2, -0.15) is 5.26 Å². The lowest BCUT2D eigenvalue weighted by molar-refractivity contribution is -0.114. The minimum absolute atomic E-state index is 0.0678. The maximum atomic E-state index is 13.4. The molecule has 1 unspecified atom stereocenters. The standard InChI is InChI=1S/C23H19N5O5S2/c24-14-15-1-3-16(4-2-15)22-13-21(27-17-5-9-19(10-6-17)34(25,30)31)23(29)28(22)18-7-11-20(12-8-18)35(26,32)33/h1-13,22,27H,(H2,25,30,31)(H2,26,32,33). The molecule has 3 aromatic rings. The Balaban J connectivity index is 1.71. The zero-order chi connectivity index (χ0) is 25.4. The summed E-state index contributed by atoms with van der Waals surface area (Å²) in [5.74, 6) is -0.404. The Labute approximate surface area is 202 Å². The Bertz CT molecular complexity index is 1570. The van der Waals surface area contributed by atoms with Crippen molar-refractivity contribution in [2.24, 2.45) is 10.3 Å². The predicted octanol–water partition coefficient (Wildman–Crippen LogP) is 1.94. The summed E-state index contributed by atoms with van der Waals surface area (Å²) in [7, 11) is -7.77. The molecule has 1 amide bonds. The van der Waals surface area contributed by atoms with Gasteiger partial charge < -0.3 is 5.32 Å². The number of nitrogens with one attached hydrogen (secondary N) is 1. The topological polar surface area (TPSA) is 176 Å². The first-order valence-corrected chi connectivity index (χ1v) is 13.1. The summed E-state index contributed by atoms with van der Waals surface area (Å²) in [5, 5.41) is 22.4. The van der Waals surface area contributed by atoms with Crippen LogP contribution in [0.4, 0.5) is 11.4 Å². The number of benzene rings is 3. The van der Waals surface area contributed by atoms with Gasteiger partial charge in [0.15, 0.2) is 0 Å². The second-order valence-electron chi connectivity index (χ2n) is 7.67. The van der Waals surface area contributed by atoms with Crippen LogP contribution < -0.4 is 20.5 Å². The number of nitrogens with two attached hydrogens (primary N) is 2. The highest BCUT2D eigenvalue weighted by atomic mass is 32.2. The molecule has 1 atom stereocenters. The molecular weight excluding hydrogens is 490 g/mol. The predicted molar refractivity (Wildman–Crippen MR) is 129 cm³/mol. The smallest absolute Gasteiger partial charge is 0.275 e. The first-order valence-electron chi connectivity index (χ1n) is 10.1. The summed E-state index contributed by atoms with van der Waals surface area (Å²) in [5.41, 5.74) is 2.28. The summed E-state index contributed by atoms with van der Waals surface area (Å²) < 4.78 is 46.2. The molecule has 0 radical (unpaired) electrons. The molecule has 0 aromatic heterocycles. The van der Waals surface area contributed by atoms with Gasteiger partial charge in [0.05, 0.1) is 27.5 Å². The third-order valence-electron chi connectivity index (χ3n) is 5.34. The monoisotopic (exact) mass is 509 g/mol. The van der Waals surface area contributed by atoms with Crippen molar-refractivity contribution in [3.8, 4) is 6.07 Å². The minimum atomic E-state index is -3.91. The number of nitriles is 1. The zero-order valence-corrected chi connectivity index (χ0v) is 19.6. The van der Waals surface area contributed by atoms with Gasteiger partial charge in [-0.1, -0.05) is 12.1 Å². The summed E-state index contributed by atoms with van der Waals surface area (Å²) in [6.45, 7) is 0. The van der Waals surface area contributed by atoms with Crippen molar-refractivity contribution >= 4 is 37.3 Å². The molecular formula is C23H19N5O5S2. The maximum Gasteiger partial charge on any atom is 0.275 e. The Morgan fingerprint density at radius 1 is 0.800 bits per heavy atom. The lowest BCUT2D eigenvalue weighted by Gasteiger charge is -2.25. The second-order valence-corrected chi connectivity index (χ2v) is 10.8. The van der Waals surface area contributed by atoms with Crippen LogP contribution >= 0.6 is 0 Å². The second kappa shape index (κ2) is 8.97. The lowest BCUT2D eigenvalue weighted by atomic mass is 10.0. The van der Waals surface area contributed by atoms with E-state index in [0.717, 1.165) is 0 Å². The molecule has 0 saturated carbocycles. The number of hydrogen-bond donors (Lipinski definition) is 3. The highest BCUT2D eigenvalue weighted by molar-refractivity contribution is 7.89. The van der Waals surface area contributed by atoms with E-state index in [1.54, 1.807) is 30.3 Å². The molecule has 0 saturated heterocycles. The highest BCUT2D eigenvalue weighted by Gasteiger charge is 2.35. The largest absolute Gasteiger partial charge is 0.351 e. The molecule has 178 valence electrons. The van der Waals surface area contributed by atoms with Crippen LogP contribution in [0, 0.1) is 11.3 Å². The number of carbonyl (C=O) groups excluding carboxylic acids is 1. The first-order chi connectivity index (χ1) is 16.5. The van der Waals surface area contributed by atoms with Crippen LogP contribution in [-0.4, -0.2) is 22.7 Å². The van der Waals surface area contributed by atoms with E-state index in [4.69, 9.17) is 15.5 Å². The molecule has 12 heteroatoms. The summed E-state index contributed by atoms with van der Waals surface area (Å²) >= 11 is 0. The van der Waals surface area contributed by atoms with E-state index in [-0.39, 0.29) is 15.5 Å². The Hall–Kier alpha value is -4.02. The van der Waals surface area contributed by atoms with Crippen LogP contribution in [-0.2, 0) is 24.8 Å². The fourth-order valence-corrected chi connectivity index (χ4v) is 4.64. The molecule has 1 heterocycles. The van der Waals surface area contributed by atoms with Gasteiger partial charge >= 0.3 is 0 Å². The van der Waals surface area contributed by atoms with E-state index in [2.05, 4.69) is 5.32 Å². The van der Waals surface area contributed by atoms with Gasteiger partial charge in [-0.3, -0.25) is 9.69 Å². The Morgan fingerprint density at radius 3 is 1.80 bits per heavy atom. The third kappa shape index (κ3) is 5.08. The highest BCUT2D eigenvalue weighted by Crippen LogP contribution is 2.36. The Kier molecular flexibility index (Phi) is 6.18. The van der Waals surface area contributed by atoms with Crippen molar-refractivity contribution in [1.82, 2.24) is 0 Å². The average molecular weight is 510 g/mol. The van der Waals surface area contributed by atoms with Gasteiger partial charge in [-0.25, -0.2) is 27.1 Å². The van der Waals surface area contributed by atoms with Crippen LogP contribution in [0.5, 0.6) is 0 Å². The van der Waals surface area contributed by atoms with Gasteiger partial charge in [0, 0.05) is 11.4 Å². The molecule has 35 heavy (non-hydrogen) atoms. The van der Waals surface area contributed by atoms with E-state index >= 15 is 0 Å². The number of amides is 1. The molecule has 5 N–H and O–H groups in total. The lowest BCUT2D eigenvalue weighted by Crippen LogP contribution is -2.30. The quantitative estimate of drug-likeness (QED) is 0.454. The fraction of sp³-hybridized carbons (Fsp3) is 0.0435. The maximum absolute atomic E-state index is 13.4. The molecule has 0 aliphatic carbocycles. The van der Waals surface area contributed by atoms with Crippen LogP contribution in [0.15, 0.2) is 94.4 Å². The molecule has 3 aromatic carbocycles. The van der Waals surface area contributed by atoms with Crippen LogP contribution in [0.2, 0.25) is 0 Å². The molecule has 0 bridgehead atoms. The molecule has 0 fully saturated rings. The number of anilines is 2. The van der Waals surface area contributed by atoms with Gasteiger partial charge in [-0.05, 0) is 72.3 Å². The Morgan fingerprint density at radius 2 is 1.31 bits per heavy atom. The molecule has 0 spiro atoms. The van der Waals surface area contributed by atoms with Crippen molar-refractivity contribution in [2.45, 2.75) is 15.8 Å². The minimum Gasteiger partial charge on any atom is -0.351 e. The molecule has 1 aliphatic heterocycles. The summed E-state index contributed by atoms with van der Waals surface area (Å²) in [6, 6.07) is 19.4. The summed E-state index contributed by atoms with van der Waals surface area (Å²) in [4.78, 5) is 14.7. The van der Waals surface area contributed by atoms with Gasteiger partial charge in [0.25, 0.3) is 5.91 Å². The molecule has 10 nitrogen and oxygen atoms in total. The van der Waals surface area contributed by atoms with Crippen LogP contribution in [0.3, 0.4) is 0 Å². The van der Waals surface area contributed by atoms with E-state index in [0.29, 0.717) is 22.5 Å². The number of primary sulfonamides is 2. The number of hydrogen-bond acceptors (Lipinski definition) is 7. The normalized spacial score (nSPS) is 16.0. The van der Waals surface area contributed by atoms with Crippen molar-refractivity contribution in [3.63, 3.8) is 0 Å². The van der Waals surface area contributed by atoms with Crippen molar-refractivity contribution < 1.29 is 21.6 Å². The van der Waals surface area contributed by atoms with Crippen LogP contribution in [0.1, 0.15) is 17.2 Å². The third-order valence-corrected chi connectivity index (χ3v) is 7.20. The molecule has 4 rings (SSSR count). The fourth-order valence-electron chi connectivity index (χ4n) is 3.61. The number of rotatable bonds is 6. The van der Waals surface area contributed by atoms with E-state index < -0.39 is 32.0 Å². The van der Waals surface area contributed by atoms with Gasteiger partial charge in [-0.15, -0.1) is 0 Å². The number of carbonyl (C=O) groups is 1. The van der Waals surface area contributed by atoms with E-state index in [1.807, 2.05) is 6.07 Å².